The van der Waals surface area contributed by atoms with Crippen molar-refractivity contribution >= 4 is 5.69 Å². The van der Waals surface area contributed by atoms with Crippen LogP contribution in [0.25, 0.3) is 0 Å². The molecule has 1 aromatic rings. The summed E-state index contributed by atoms with van der Waals surface area (Å²) in [5.74, 6) is -0.198. The molecule has 0 N–H and O–H groups in total. The third-order valence-electron chi connectivity index (χ3n) is 3.24. The summed E-state index contributed by atoms with van der Waals surface area (Å²) < 4.78 is 1.36. The van der Waals surface area contributed by atoms with Gasteiger partial charge in [-0.05, 0) is 26.2 Å². The number of aromatic nitrogens is 2. The Kier molecular flexibility index (Phi) is 3.98. The third-order valence-corrected chi connectivity index (χ3v) is 3.24. The molecule has 1 unspecified atom stereocenters. The van der Waals surface area contributed by atoms with Gasteiger partial charge in [-0.15, -0.1) is 0 Å². The van der Waals surface area contributed by atoms with Gasteiger partial charge in [0, 0.05) is 19.2 Å². The van der Waals surface area contributed by atoms with Gasteiger partial charge in [0.15, 0.2) is 0 Å². The van der Waals surface area contributed by atoms with E-state index in [1.54, 1.807) is 19.2 Å². The largest absolute Gasteiger partial charge is 0.370 e. The first-order valence-electron chi connectivity index (χ1n) is 6.42. The first kappa shape index (κ1) is 12.6. The van der Waals surface area contributed by atoms with Crippen LogP contribution in [0.2, 0.25) is 0 Å². The number of hydrogen-bond acceptors (Lipinski definition) is 4. The lowest BCUT2D eigenvalue weighted by Crippen LogP contribution is -2.32. The zero-order valence-electron chi connectivity index (χ0n) is 10.7. The molecule has 0 amide bonds. The molecule has 0 bridgehead atoms. The maximum Gasteiger partial charge on any atom is 0.268 e. The fourth-order valence-corrected chi connectivity index (χ4v) is 2.19. The molecule has 2 heterocycles. The Balaban J connectivity index is 2.14. The van der Waals surface area contributed by atoms with E-state index in [9.17, 15) is 4.79 Å². The van der Waals surface area contributed by atoms with Crippen molar-refractivity contribution in [3.8, 4) is 6.07 Å². The molecule has 96 valence electrons. The molecule has 18 heavy (non-hydrogen) atoms. The Morgan fingerprint density at radius 1 is 1.44 bits per heavy atom. The van der Waals surface area contributed by atoms with Gasteiger partial charge in [0.25, 0.3) is 5.56 Å². The molecule has 5 nitrogen and oxygen atoms in total. The minimum Gasteiger partial charge on any atom is -0.370 e. The minimum absolute atomic E-state index is 0.125. The molecule has 1 aliphatic heterocycles. The molecule has 1 saturated heterocycles. The quantitative estimate of drug-likeness (QED) is 0.808. The topological polar surface area (TPSA) is 61.9 Å². The second kappa shape index (κ2) is 5.67. The van der Waals surface area contributed by atoms with Gasteiger partial charge in [0.05, 0.1) is 30.4 Å². The number of rotatable bonds is 3. The predicted molar refractivity (Wildman–Crippen MR) is 69.3 cm³/mol. The standard InChI is InChI=1S/C13H18N4O/c1-11(8-14)10-17-13(18)7-12(9-15-17)16-5-3-2-4-6-16/h7,9,11H,2-6,10H2,1H3. The fraction of sp³-hybridized carbons (Fsp3) is 0.615. The zero-order valence-corrected chi connectivity index (χ0v) is 10.7. The normalized spacial score (nSPS) is 17.2. The molecule has 0 saturated carbocycles. The average molecular weight is 246 g/mol. The van der Waals surface area contributed by atoms with Crippen LogP contribution in [0.1, 0.15) is 26.2 Å². The summed E-state index contributed by atoms with van der Waals surface area (Å²) in [7, 11) is 0. The highest BCUT2D eigenvalue weighted by Crippen LogP contribution is 2.16. The lowest BCUT2D eigenvalue weighted by Gasteiger charge is -2.28. The van der Waals surface area contributed by atoms with Crippen molar-refractivity contribution in [1.82, 2.24) is 9.78 Å². The second-order valence-electron chi connectivity index (χ2n) is 4.81. The first-order chi connectivity index (χ1) is 8.70. The molecule has 0 aliphatic carbocycles. The molecular formula is C13H18N4O. The maximum atomic E-state index is 11.9. The summed E-state index contributed by atoms with van der Waals surface area (Å²) in [6.07, 6.45) is 5.35. The van der Waals surface area contributed by atoms with Gasteiger partial charge in [-0.3, -0.25) is 4.79 Å². The van der Waals surface area contributed by atoms with Gasteiger partial charge in [-0.2, -0.15) is 10.4 Å². The van der Waals surface area contributed by atoms with Gasteiger partial charge in [-0.25, -0.2) is 4.68 Å². The Morgan fingerprint density at radius 3 is 2.78 bits per heavy atom. The van der Waals surface area contributed by atoms with E-state index in [2.05, 4.69) is 16.1 Å². The fourth-order valence-electron chi connectivity index (χ4n) is 2.19. The molecule has 2 rings (SSSR count). The van der Waals surface area contributed by atoms with E-state index in [0.29, 0.717) is 6.54 Å². The SMILES string of the molecule is CC(C#N)Cn1ncc(N2CCCCC2)cc1=O. The first-order valence-corrected chi connectivity index (χ1v) is 6.42. The minimum atomic E-state index is -0.198. The Bertz CT molecular complexity index is 496. The van der Waals surface area contributed by atoms with Crippen LogP contribution in [0.15, 0.2) is 17.1 Å². The van der Waals surface area contributed by atoms with Crippen molar-refractivity contribution in [3.05, 3.63) is 22.6 Å². The lowest BCUT2D eigenvalue weighted by atomic mass is 10.1. The maximum absolute atomic E-state index is 11.9. The molecular weight excluding hydrogens is 228 g/mol. The third kappa shape index (κ3) is 2.89. The van der Waals surface area contributed by atoms with Gasteiger partial charge in [0.1, 0.15) is 0 Å². The summed E-state index contributed by atoms with van der Waals surface area (Å²) in [4.78, 5) is 14.1. The summed E-state index contributed by atoms with van der Waals surface area (Å²) in [6, 6.07) is 3.74. The van der Waals surface area contributed by atoms with Crippen LogP contribution in [-0.2, 0) is 6.54 Å². The highest BCUT2D eigenvalue weighted by Gasteiger charge is 2.13. The van der Waals surface area contributed by atoms with Gasteiger partial charge in [0.2, 0.25) is 0 Å². The van der Waals surface area contributed by atoms with Crippen LogP contribution in [0.3, 0.4) is 0 Å². The van der Waals surface area contributed by atoms with E-state index in [1.807, 2.05) is 0 Å². The monoisotopic (exact) mass is 246 g/mol. The summed E-state index contributed by atoms with van der Waals surface area (Å²) in [5.41, 5.74) is 0.778. The van der Waals surface area contributed by atoms with Crippen molar-refractivity contribution in [2.45, 2.75) is 32.7 Å². The van der Waals surface area contributed by atoms with E-state index in [1.165, 1.54) is 23.9 Å². The molecule has 0 aromatic carbocycles. The summed E-state index contributed by atoms with van der Waals surface area (Å²) >= 11 is 0. The summed E-state index contributed by atoms with van der Waals surface area (Å²) in [6.45, 7) is 4.14. The molecule has 0 spiro atoms. The number of nitriles is 1. The zero-order chi connectivity index (χ0) is 13.0. The second-order valence-corrected chi connectivity index (χ2v) is 4.81. The van der Waals surface area contributed by atoms with Crippen LogP contribution in [0, 0.1) is 17.2 Å². The highest BCUT2D eigenvalue weighted by atomic mass is 16.1. The molecule has 1 fully saturated rings. The van der Waals surface area contributed by atoms with Gasteiger partial charge >= 0.3 is 0 Å². The molecule has 1 aromatic heterocycles. The van der Waals surface area contributed by atoms with E-state index < -0.39 is 0 Å². The molecule has 1 atom stereocenters. The van der Waals surface area contributed by atoms with Crippen molar-refractivity contribution in [3.63, 3.8) is 0 Å². The predicted octanol–water partition coefficient (Wildman–Crippen LogP) is 1.39. The number of hydrogen-bond donors (Lipinski definition) is 0. The van der Waals surface area contributed by atoms with E-state index in [-0.39, 0.29) is 11.5 Å². The Labute approximate surface area is 107 Å². The molecule has 5 heteroatoms. The number of anilines is 1. The molecule has 1 aliphatic rings. The lowest BCUT2D eigenvalue weighted by molar-refractivity contribution is 0.501. The van der Waals surface area contributed by atoms with Crippen LogP contribution >= 0.6 is 0 Å². The number of piperidine rings is 1. The van der Waals surface area contributed by atoms with Crippen LogP contribution in [0.4, 0.5) is 5.69 Å². The Hall–Kier alpha value is -1.83. The van der Waals surface area contributed by atoms with E-state index >= 15 is 0 Å². The van der Waals surface area contributed by atoms with Crippen LogP contribution in [0.5, 0.6) is 0 Å². The van der Waals surface area contributed by atoms with Crippen molar-refractivity contribution in [2.75, 3.05) is 18.0 Å². The smallest absolute Gasteiger partial charge is 0.268 e. The van der Waals surface area contributed by atoms with Crippen LogP contribution in [-0.4, -0.2) is 22.9 Å². The van der Waals surface area contributed by atoms with E-state index in [4.69, 9.17) is 5.26 Å². The molecule has 0 radical (unpaired) electrons. The summed E-state index contributed by atoms with van der Waals surface area (Å²) in [5, 5.41) is 12.9. The number of nitrogens with zero attached hydrogens (tertiary/aromatic N) is 4. The highest BCUT2D eigenvalue weighted by molar-refractivity contribution is 5.43. The van der Waals surface area contributed by atoms with Gasteiger partial charge in [-0.1, -0.05) is 0 Å². The Morgan fingerprint density at radius 2 is 2.17 bits per heavy atom. The van der Waals surface area contributed by atoms with Crippen molar-refractivity contribution in [1.29, 1.82) is 5.26 Å². The van der Waals surface area contributed by atoms with E-state index in [0.717, 1.165) is 18.8 Å². The van der Waals surface area contributed by atoms with Crippen molar-refractivity contribution < 1.29 is 0 Å². The van der Waals surface area contributed by atoms with Gasteiger partial charge < -0.3 is 4.90 Å². The van der Waals surface area contributed by atoms with Crippen LogP contribution < -0.4 is 10.5 Å². The average Bonchev–Trinajstić information content (AvgIpc) is 2.42. The van der Waals surface area contributed by atoms with Crippen molar-refractivity contribution in [2.24, 2.45) is 5.92 Å².